The van der Waals surface area contributed by atoms with Gasteiger partial charge in [0.1, 0.15) is 0 Å². The van der Waals surface area contributed by atoms with Crippen molar-refractivity contribution in [3.05, 3.63) is 0 Å². The van der Waals surface area contributed by atoms with E-state index in [4.69, 9.17) is 4.74 Å². The van der Waals surface area contributed by atoms with Crippen molar-refractivity contribution in [3.63, 3.8) is 0 Å². The van der Waals surface area contributed by atoms with E-state index in [0.29, 0.717) is 24.1 Å². The van der Waals surface area contributed by atoms with Crippen LogP contribution in [0.2, 0.25) is 0 Å². The topological polar surface area (TPSA) is 45.7 Å². The van der Waals surface area contributed by atoms with E-state index >= 15 is 0 Å². The Labute approximate surface area is 104 Å². The number of ether oxygens (including phenoxy) is 1. The second-order valence-electron chi connectivity index (χ2n) is 6.06. The van der Waals surface area contributed by atoms with Gasteiger partial charge < -0.3 is 15.4 Å². The normalized spacial score (nSPS) is 35.4. The van der Waals surface area contributed by atoms with Gasteiger partial charge in [-0.25, -0.2) is 0 Å². The number of fused-ring (bicyclic) bond motifs is 1. The van der Waals surface area contributed by atoms with Crippen LogP contribution in [0.1, 0.15) is 34.1 Å². The Morgan fingerprint density at radius 2 is 2.12 bits per heavy atom. The SMILES string of the molecule is CN=C(NC(C)C)NC1C2CCOC2C1(C)C. The Bertz CT molecular complexity index is 312. The Morgan fingerprint density at radius 3 is 2.71 bits per heavy atom. The van der Waals surface area contributed by atoms with Gasteiger partial charge in [0, 0.05) is 37.1 Å². The maximum Gasteiger partial charge on any atom is 0.191 e. The molecule has 1 aliphatic heterocycles. The van der Waals surface area contributed by atoms with Gasteiger partial charge in [-0.1, -0.05) is 13.8 Å². The first-order valence-electron chi connectivity index (χ1n) is 6.58. The van der Waals surface area contributed by atoms with E-state index in [1.54, 1.807) is 0 Å². The molecule has 4 nitrogen and oxygen atoms in total. The molecule has 2 N–H and O–H groups in total. The minimum Gasteiger partial charge on any atom is -0.377 e. The summed E-state index contributed by atoms with van der Waals surface area (Å²) in [6.07, 6.45) is 1.60. The first kappa shape index (κ1) is 12.7. The highest BCUT2D eigenvalue weighted by Crippen LogP contribution is 2.51. The van der Waals surface area contributed by atoms with Gasteiger partial charge in [0.2, 0.25) is 0 Å². The molecule has 1 aliphatic carbocycles. The Hall–Kier alpha value is -0.770. The summed E-state index contributed by atoms with van der Waals surface area (Å²) >= 11 is 0. The van der Waals surface area contributed by atoms with Gasteiger partial charge in [-0.05, 0) is 20.3 Å². The lowest BCUT2D eigenvalue weighted by atomic mass is 9.57. The van der Waals surface area contributed by atoms with Crippen LogP contribution in [0.15, 0.2) is 4.99 Å². The lowest BCUT2D eigenvalue weighted by Gasteiger charge is -2.55. The van der Waals surface area contributed by atoms with Gasteiger partial charge in [0.05, 0.1) is 6.10 Å². The van der Waals surface area contributed by atoms with E-state index in [9.17, 15) is 0 Å². The zero-order valence-corrected chi connectivity index (χ0v) is 11.6. The number of rotatable bonds is 2. The van der Waals surface area contributed by atoms with Crippen molar-refractivity contribution in [2.75, 3.05) is 13.7 Å². The molecule has 3 unspecified atom stereocenters. The average Bonchev–Trinajstić information content (AvgIpc) is 2.69. The molecule has 98 valence electrons. The molecule has 0 aromatic heterocycles. The highest BCUT2D eigenvalue weighted by molar-refractivity contribution is 5.80. The third-order valence-electron chi connectivity index (χ3n) is 4.04. The molecule has 0 aromatic carbocycles. The fourth-order valence-electron chi connectivity index (χ4n) is 3.21. The summed E-state index contributed by atoms with van der Waals surface area (Å²) in [5.74, 6) is 1.55. The quantitative estimate of drug-likeness (QED) is 0.565. The van der Waals surface area contributed by atoms with E-state index in [2.05, 4.69) is 43.3 Å². The van der Waals surface area contributed by atoms with Crippen molar-refractivity contribution in [2.45, 2.75) is 52.3 Å². The van der Waals surface area contributed by atoms with Gasteiger partial charge >= 0.3 is 0 Å². The summed E-state index contributed by atoms with van der Waals surface area (Å²) in [5, 5.41) is 6.90. The van der Waals surface area contributed by atoms with Crippen LogP contribution in [0.4, 0.5) is 0 Å². The number of guanidine groups is 1. The minimum absolute atomic E-state index is 0.204. The fourth-order valence-corrected chi connectivity index (χ4v) is 3.21. The summed E-state index contributed by atoms with van der Waals surface area (Å²) in [7, 11) is 1.83. The van der Waals surface area contributed by atoms with Crippen LogP contribution < -0.4 is 10.6 Å². The molecule has 0 radical (unpaired) electrons. The van der Waals surface area contributed by atoms with Crippen molar-refractivity contribution in [1.29, 1.82) is 0 Å². The number of nitrogens with one attached hydrogen (secondary N) is 2. The highest BCUT2D eigenvalue weighted by atomic mass is 16.5. The molecule has 4 heteroatoms. The van der Waals surface area contributed by atoms with Gasteiger partial charge in [-0.3, -0.25) is 4.99 Å². The molecule has 0 amide bonds. The maximum absolute atomic E-state index is 5.79. The third-order valence-corrected chi connectivity index (χ3v) is 4.04. The van der Waals surface area contributed by atoms with Crippen LogP contribution >= 0.6 is 0 Å². The smallest absolute Gasteiger partial charge is 0.191 e. The van der Waals surface area contributed by atoms with Crippen molar-refractivity contribution in [1.82, 2.24) is 10.6 Å². The van der Waals surface area contributed by atoms with E-state index in [1.807, 2.05) is 7.05 Å². The molecule has 1 saturated carbocycles. The molecule has 0 bridgehead atoms. The zero-order valence-electron chi connectivity index (χ0n) is 11.6. The molecule has 3 atom stereocenters. The molecular formula is C13H25N3O. The minimum atomic E-state index is 0.204. The molecular weight excluding hydrogens is 214 g/mol. The van der Waals surface area contributed by atoms with Crippen LogP contribution in [-0.4, -0.2) is 37.8 Å². The highest BCUT2D eigenvalue weighted by Gasteiger charge is 2.59. The fraction of sp³-hybridized carbons (Fsp3) is 0.923. The van der Waals surface area contributed by atoms with E-state index < -0.39 is 0 Å². The predicted molar refractivity (Wildman–Crippen MR) is 70.2 cm³/mol. The third kappa shape index (κ3) is 2.15. The Balaban J connectivity index is 1.99. The predicted octanol–water partition coefficient (Wildman–Crippen LogP) is 1.37. The van der Waals surface area contributed by atoms with Crippen LogP contribution in [0.3, 0.4) is 0 Å². The maximum atomic E-state index is 5.79. The largest absolute Gasteiger partial charge is 0.377 e. The summed E-state index contributed by atoms with van der Waals surface area (Å²) < 4.78 is 5.79. The first-order valence-corrected chi connectivity index (χ1v) is 6.58. The molecule has 1 heterocycles. The zero-order chi connectivity index (χ0) is 12.6. The van der Waals surface area contributed by atoms with Crippen LogP contribution in [0.5, 0.6) is 0 Å². The number of hydrogen-bond acceptors (Lipinski definition) is 2. The molecule has 1 saturated heterocycles. The first-order chi connectivity index (χ1) is 7.96. The van der Waals surface area contributed by atoms with Crippen LogP contribution in [-0.2, 0) is 4.74 Å². The summed E-state index contributed by atoms with van der Waals surface area (Å²) in [6, 6.07) is 0.875. The molecule has 17 heavy (non-hydrogen) atoms. The van der Waals surface area contributed by atoms with Crippen molar-refractivity contribution in [2.24, 2.45) is 16.3 Å². The van der Waals surface area contributed by atoms with Gasteiger partial charge in [-0.15, -0.1) is 0 Å². The monoisotopic (exact) mass is 239 g/mol. The van der Waals surface area contributed by atoms with Gasteiger partial charge in [-0.2, -0.15) is 0 Å². The molecule has 2 fully saturated rings. The summed E-state index contributed by atoms with van der Waals surface area (Å²) in [5.41, 5.74) is 0.204. The van der Waals surface area contributed by atoms with Crippen molar-refractivity contribution < 1.29 is 4.74 Å². The van der Waals surface area contributed by atoms with Crippen LogP contribution in [0.25, 0.3) is 0 Å². The second kappa shape index (κ2) is 4.48. The summed E-state index contributed by atoms with van der Waals surface area (Å²) in [4.78, 5) is 4.28. The van der Waals surface area contributed by atoms with Gasteiger partial charge in [0.25, 0.3) is 0 Å². The molecule has 0 aromatic rings. The Morgan fingerprint density at radius 1 is 1.41 bits per heavy atom. The van der Waals surface area contributed by atoms with Gasteiger partial charge in [0.15, 0.2) is 5.96 Å². The second-order valence-corrected chi connectivity index (χ2v) is 6.06. The van der Waals surface area contributed by atoms with E-state index in [1.165, 1.54) is 6.42 Å². The lowest BCUT2D eigenvalue weighted by Crippen LogP contribution is -2.68. The number of hydrogen-bond donors (Lipinski definition) is 2. The number of nitrogens with zero attached hydrogens (tertiary/aromatic N) is 1. The van der Waals surface area contributed by atoms with Crippen molar-refractivity contribution in [3.8, 4) is 0 Å². The van der Waals surface area contributed by atoms with Crippen molar-refractivity contribution >= 4 is 5.96 Å². The van der Waals surface area contributed by atoms with Crippen LogP contribution in [0, 0.1) is 11.3 Å². The van der Waals surface area contributed by atoms with E-state index in [-0.39, 0.29) is 5.41 Å². The average molecular weight is 239 g/mol. The Kier molecular flexibility index (Phi) is 3.34. The van der Waals surface area contributed by atoms with E-state index in [0.717, 1.165) is 12.6 Å². The molecule has 2 rings (SSSR count). The summed E-state index contributed by atoms with van der Waals surface area (Å²) in [6.45, 7) is 9.72. The lowest BCUT2D eigenvalue weighted by molar-refractivity contribution is -0.106. The molecule has 2 aliphatic rings. The molecule has 0 spiro atoms. The number of aliphatic imine (C=N–C) groups is 1. The standard InChI is InChI=1S/C13H25N3O/c1-8(2)15-12(14-5)16-10-9-6-7-17-11(9)13(10,3)4/h8-11H,6-7H2,1-5H3,(H2,14,15,16).